The van der Waals surface area contributed by atoms with Gasteiger partial charge < -0.3 is 15.3 Å². The van der Waals surface area contributed by atoms with Gasteiger partial charge in [-0.05, 0) is 12.8 Å². The molecule has 0 aliphatic heterocycles. The number of aliphatic hydroxyl groups excluding tert-OH is 1. The Balaban J connectivity index is 4.27. The first-order chi connectivity index (χ1) is 8.06. The van der Waals surface area contributed by atoms with E-state index in [2.05, 4.69) is 5.32 Å². The van der Waals surface area contributed by atoms with Crippen LogP contribution in [0.2, 0.25) is 0 Å². The molecule has 100 valence electrons. The normalized spacial score (nSPS) is 10.4. The number of hydrogen-bond acceptors (Lipinski definition) is 3. The molecule has 0 aromatic heterocycles. The van der Waals surface area contributed by atoms with Gasteiger partial charge in [0, 0.05) is 32.5 Å². The van der Waals surface area contributed by atoms with Crippen LogP contribution in [-0.2, 0) is 9.59 Å². The molecule has 0 radical (unpaired) electrons. The summed E-state index contributed by atoms with van der Waals surface area (Å²) in [7, 11) is 0. The molecular weight excluding hydrogens is 220 g/mol. The molecule has 0 rings (SSSR count). The highest BCUT2D eigenvalue weighted by Crippen LogP contribution is 2.09. The van der Waals surface area contributed by atoms with Crippen LogP contribution in [0, 0.1) is 0 Å². The molecule has 0 aliphatic rings. The highest BCUT2D eigenvalue weighted by atomic mass is 16.3. The molecule has 5 heteroatoms. The highest BCUT2D eigenvalue weighted by Gasteiger charge is 2.19. The maximum Gasteiger partial charge on any atom is 0.224 e. The Morgan fingerprint density at radius 1 is 1.29 bits per heavy atom. The number of amides is 2. The number of carbonyl (C=O) groups excluding carboxylic acids is 2. The first kappa shape index (κ1) is 15.9. The third kappa shape index (κ3) is 6.26. The lowest BCUT2D eigenvalue weighted by Crippen LogP contribution is -2.42. The molecule has 0 atom stereocenters. The number of nitrogens with one attached hydrogen (secondary N) is 1. The zero-order valence-corrected chi connectivity index (χ0v) is 11.0. The molecule has 0 aromatic rings. The van der Waals surface area contributed by atoms with Crippen molar-refractivity contribution in [1.82, 2.24) is 10.2 Å². The lowest BCUT2D eigenvalue weighted by Gasteiger charge is -2.30. The molecule has 0 heterocycles. The molecule has 5 nitrogen and oxygen atoms in total. The van der Waals surface area contributed by atoms with E-state index in [1.807, 2.05) is 13.8 Å². The fourth-order valence-corrected chi connectivity index (χ4v) is 1.84. The summed E-state index contributed by atoms with van der Waals surface area (Å²) >= 11 is 0. The molecule has 0 saturated heterocycles. The average Bonchev–Trinajstić information content (AvgIpc) is 2.28. The molecule has 2 N–H and O–H groups in total. The topological polar surface area (TPSA) is 69.6 Å². The summed E-state index contributed by atoms with van der Waals surface area (Å²) < 4.78 is 0. The quantitative estimate of drug-likeness (QED) is 0.654. The van der Waals surface area contributed by atoms with Crippen LogP contribution in [0.1, 0.15) is 40.0 Å². The van der Waals surface area contributed by atoms with Crippen molar-refractivity contribution in [2.45, 2.75) is 46.1 Å². The summed E-state index contributed by atoms with van der Waals surface area (Å²) in [6, 6.07) is 0.173. The smallest absolute Gasteiger partial charge is 0.224 e. The van der Waals surface area contributed by atoms with Crippen molar-refractivity contribution < 1.29 is 14.7 Å². The summed E-state index contributed by atoms with van der Waals surface area (Å²) in [5.74, 6) is -0.143. The molecule has 2 amide bonds. The second-order valence-corrected chi connectivity index (χ2v) is 4.01. The van der Waals surface area contributed by atoms with E-state index in [9.17, 15) is 9.59 Å². The van der Waals surface area contributed by atoms with Crippen LogP contribution in [0.4, 0.5) is 0 Å². The van der Waals surface area contributed by atoms with E-state index >= 15 is 0 Å². The van der Waals surface area contributed by atoms with Crippen molar-refractivity contribution in [2.75, 3.05) is 19.7 Å². The first-order valence-corrected chi connectivity index (χ1v) is 6.21. The van der Waals surface area contributed by atoms with E-state index < -0.39 is 0 Å². The third-order valence-electron chi connectivity index (χ3n) is 2.76. The minimum Gasteiger partial charge on any atom is -0.395 e. The van der Waals surface area contributed by atoms with Crippen LogP contribution in [0.25, 0.3) is 0 Å². The molecular formula is C12H24N2O3. The Morgan fingerprint density at radius 2 is 1.88 bits per heavy atom. The Bertz CT molecular complexity index is 240. The van der Waals surface area contributed by atoms with E-state index in [0.717, 1.165) is 12.8 Å². The van der Waals surface area contributed by atoms with Crippen LogP contribution in [0.15, 0.2) is 0 Å². The van der Waals surface area contributed by atoms with Crippen LogP contribution in [0.3, 0.4) is 0 Å². The minimum absolute atomic E-state index is 0.0125. The van der Waals surface area contributed by atoms with Gasteiger partial charge in [0.05, 0.1) is 6.61 Å². The summed E-state index contributed by atoms with van der Waals surface area (Å²) in [5.41, 5.74) is 0. The fourth-order valence-electron chi connectivity index (χ4n) is 1.84. The highest BCUT2D eigenvalue weighted by molar-refractivity contribution is 5.78. The SMILES string of the molecule is CCC(CC)N(CCO)C(=O)CCNC(C)=O. The first-order valence-electron chi connectivity index (χ1n) is 6.21. The van der Waals surface area contributed by atoms with Gasteiger partial charge >= 0.3 is 0 Å². The van der Waals surface area contributed by atoms with Crippen LogP contribution in [0.5, 0.6) is 0 Å². The summed E-state index contributed by atoms with van der Waals surface area (Å²) in [5, 5.41) is 11.6. The van der Waals surface area contributed by atoms with E-state index in [-0.39, 0.29) is 30.9 Å². The Hall–Kier alpha value is -1.10. The molecule has 0 fully saturated rings. The van der Waals surface area contributed by atoms with Crippen LogP contribution >= 0.6 is 0 Å². The molecule has 17 heavy (non-hydrogen) atoms. The van der Waals surface area contributed by atoms with Crippen LogP contribution < -0.4 is 5.32 Å². The maximum absolute atomic E-state index is 11.9. The number of nitrogens with zero attached hydrogens (tertiary/aromatic N) is 1. The largest absolute Gasteiger partial charge is 0.395 e. The minimum atomic E-state index is -0.131. The lowest BCUT2D eigenvalue weighted by atomic mass is 10.1. The number of rotatable bonds is 8. The Labute approximate surface area is 103 Å². The third-order valence-corrected chi connectivity index (χ3v) is 2.76. The van der Waals surface area contributed by atoms with Gasteiger partial charge in [0.2, 0.25) is 11.8 Å². The van der Waals surface area contributed by atoms with Crippen molar-refractivity contribution in [3.63, 3.8) is 0 Å². The monoisotopic (exact) mass is 244 g/mol. The van der Waals surface area contributed by atoms with Gasteiger partial charge in [0.1, 0.15) is 0 Å². The van der Waals surface area contributed by atoms with Crippen molar-refractivity contribution in [2.24, 2.45) is 0 Å². The maximum atomic E-state index is 11.9. The van der Waals surface area contributed by atoms with Crippen molar-refractivity contribution in [3.8, 4) is 0 Å². The predicted octanol–water partition coefficient (Wildman–Crippen LogP) is 0.522. The predicted molar refractivity (Wildman–Crippen MR) is 66.5 cm³/mol. The summed E-state index contributed by atoms with van der Waals surface area (Å²) in [4.78, 5) is 24.3. The van der Waals surface area contributed by atoms with Gasteiger partial charge in [0.25, 0.3) is 0 Å². The van der Waals surface area contributed by atoms with Crippen LogP contribution in [-0.4, -0.2) is 47.6 Å². The second-order valence-electron chi connectivity index (χ2n) is 4.01. The number of aliphatic hydroxyl groups is 1. The molecule has 0 bridgehead atoms. The van der Waals surface area contributed by atoms with Crippen molar-refractivity contribution >= 4 is 11.8 Å². The zero-order valence-electron chi connectivity index (χ0n) is 11.0. The summed E-state index contributed by atoms with van der Waals surface area (Å²) in [6.07, 6.45) is 2.04. The second kappa shape index (κ2) is 8.98. The molecule has 0 aromatic carbocycles. The zero-order chi connectivity index (χ0) is 13.3. The van der Waals surface area contributed by atoms with Gasteiger partial charge in [0.15, 0.2) is 0 Å². The molecule has 0 saturated carbocycles. The lowest BCUT2D eigenvalue weighted by molar-refractivity contribution is -0.134. The Morgan fingerprint density at radius 3 is 2.29 bits per heavy atom. The van der Waals surface area contributed by atoms with E-state index in [1.54, 1.807) is 4.90 Å². The molecule has 0 unspecified atom stereocenters. The van der Waals surface area contributed by atoms with E-state index in [1.165, 1.54) is 6.92 Å². The van der Waals surface area contributed by atoms with Gasteiger partial charge in [-0.2, -0.15) is 0 Å². The van der Waals surface area contributed by atoms with E-state index in [4.69, 9.17) is 5.11 Å². The van der Waals surface area contributed by atoms with Gasteiger partial charge in [-0.25, -0.2) is 0 Å². The number of carbonyl (C=O) groups is 2. The Kier molecular flexibility index (Phi) is 8.40. The van der Waals surface area contributed by atoms with Crippen molar-refractivity contribution in [3.05, 3.63) is 0 Å². The molecule has 0 aliphatic carbocycles. The molecule has 0 spiro atoms. The van der Waals surface area contributed by atoms with Gasteiger partial charge in [-0.15, -0.1) is 0 Å². The summed E-state index contributed by atoms with van der Waals surface area (Å²) in [6.45, 7) is 6.18. The van der Waals surface area contributed by atoms with E-state index in [0.29, 0.717) is 13.1 Å². The van der Waals surface area contributed by atoms with Crippen molar-refractivity contribution in [1.29, 1.82) is 0 Å². The average molecular weight is 244 g/mol. The van der Waals surface area contributed by atoms with Gasteiger partial charge in [-0.1, -0.05) is 13.8 Å². The number of hydrogen-bond donors (Lipinski definition) is 2. The standard InChI is InChI=1S/C12H24N2O3/c1-4-11(5-2)14(8-9-15)12(17)6-7-13-10(3)16/h11,15H,4-9H2,1-3H3,(H,13,16). The van der Waals surface area contributed by atoms with Gasteiger partial charge in [-0.3, -0.25) is 9.59 Å². The fraction of sp³-hybridized carbons (Fsp3) is 0.833.